The van der Waals surface area contributed by atoms with E-state index in [4.69, 9.17) is 16.7 Å². The molecule has 20 heavy (non-hydrogen) atoms. The Morgan fingerprint density at radius 3 is 2.45 bits per heavy atom. The average Bonchev–Trinajstić information content (AvgIpc) is 2.41. The summed E-state index contributed by atoms with van der Waals surface area (Å²) in [6, 6.07) is 11.2. The monoisotopic (exact) mass is 353 g/mol. The van der Waals surface area contributed by atoms with Crippen LogP contribution in [0, 0.1) is 0 Å². The fourth-order valence-electron chi connectivity index (χ4n) is 1.61. The number of hydrogen-bond donors (Lipinski definition) is 2. The van der Waals surface area contributed by atoms with Gasteiger partial charge in [0.05, 0.1) is 16.1 Å². The second-order valence-corrected chi connectivity index (χ2v) is 5.20. The van der Waals surface area contributed by atoms with Crippen molar-refractivity contribution in [3.05, 3.63) is 63.1 Å². The maximum Gasteiger partial charge on any atom is 0.336 e. The van der Waals surface area contributed by atoms with E-state index in [9.17, 15) is 9.59 Å². The molecule has 0 radical (unpaired) electrons. The van der Waals surface area contributed by atoms with Crippen molar-refractivity contribution in [3.63, 3.8) is 0 Å². The minimum Gasteiger partial charge on any atom is -0.478 e. The lowest BCUT2D eigenvalue weighted by Crippen LogP contribution is -2.13. The first-order valence-corrected chi connectivity index (χ1v) is 6.75. The van der Waals surface area contributed by atoms with Crippen molar-refractivity contribution in [1.82, 2.24) is 0 Å². The molecule has 102 valence electrons. The van der Waals surface area contributed by atoms with Gasteiger partial charge in [-0.05, 0) is 46.3 Å². The van der Waals surface area contributed by atoms with Gasteiger partial charge < -0.3 is 10.4 Å². The molecule has 2 rings (SSSR count). The molecule has 6 heteroatoms. The van der Waals surface area contributed by atoms with Gasteiger partial charge in [-0.1, -0.05) is 23.7 Å². The third-order valence-corrected chi connectivity index (χ3v) is 3.59. The van der Waals surface area contributed by atoms with Crippen molar-refractivity contribution < 1.29 is 14.7 Å². The number of anilines is 1. The Kier molecular flexibility index (Phi) is 4.42. The maximum absolute atomic E-state index is 12.0. The zero-order valence-electron chi connectivity index (χ0n) is 10.1. The number of carboxylic acids is 1. The molecule has 0 fully saturated rings. The summed E-state index contributed by atoms with van der Waals surface area (Å²) in [5, 5.41) is 12.0. The number of carbonyl (C=O) groups excluding carboxylic acids is 1. The Hall–Kier alpha value is -1.85. The van der Waals surface area contributed by atoms with Crippen molar-refractivity contribution in [3.8, 4) is 0 Å². The molecule has 4 nitrogen and oxygen atoms in total. The SMILES string of the molecule is O=C(Nc1ccc(Br)c(C(=O)O)c1)c1ccccc1Cl. The summed E-state index contributed by atoms with van der Waals surface area (Å²) in [6.45, 7) is 0. The highest BCUT2D eigenvalue weighted by Crippen LogP contribution is 2.22. The molecule has 2 aromatic carbocycles. The second-order valence-electron chi connectivity index (χ2n) is 3.93. The molecule has 0 bridgehead atoms. The van der Waals surface area contributed by atoms with Crippen LogP contribution in [0.15, 0.2) is 46.9 Å². The lowest BCUT2D eigenvalue weighted by Gasteiger charge is -2.08. The molecule has 2 aromatic rings. The molecule has 1 amide bonds. The molecular formula is C14H9BrClNO3. The van der Waals surface area contributed by atoms with Crippen molar-refractivity contribution in [2.24, 2.45) is 0 Å². The van der Waals surface area contributed by atoms with Gasteiger partial charge in [0.15, 0.2) is 0 Å². The van der Waals surface area contributed by atoms with Gasteiger partial charge >= 0.3 is 5.97 Å². The highest BCUT2D eigenvalue weighted by atomic mass is 79.9. The predicted molar refractivity (Wildman–Crippen MR) is 80.5 cm³/mol. The normalized spacial score (nSPS) is 10.1. The number of rotatable bonds is 3. The summed E-state index contributed by atoms with van der Waals surface area (Å²) >= 11 is 9.07. The lowest BCUT2D eigenvalue weighted by atomic mass is 10.1. The van der Waals surface area contributed by atoms with Crippen LogP contribution in [-0.2, 0) is 0 Å². The average molecular weight is 355 g/mol. The molecule has 0 aliphatic rings. The molecule has 0 unspecified atom stereocenters. The highest BCUT2D eigenvalue weighted by molar-refractivity contribution is 9.10. The Morgan fingerprint density at radius 2 is 1.80 bits per heavy atom. The van der Waals surface area contributed by atoms with Crippen LogP contribution in [0.4, 0.5) is 5.69 Å². The first-order valence-electron chi connectivity index (χ1n) is 5.58. The smallest absolute Gasteiger partial charge is 0.336 e. The minimum atomic E-state index is -1.08. The van der Waals surface area contributed by atoms with Crippen LogP contribution in [0.25, 0.3) is 0 Å². The maximum atomic E-state index is 12.0. The van der Waals surface area contributed by atoms with Gasteiger partial charge in [-0.2, -0.15) is 0 Å². The molecule has 0 saturated carbocycles. The molecule has 2 N–H and O–H groups in total. The number of aromatic carboxylic acids is 1. The molecule has 0 heterocycles. The third kappa shape index (κ3) is 3.18. The van der Waals surface area contributed by atoms with E-state index in [1.165, 1.54) is 6.07 Å². The number of carboxylic acid groups (broad SMARTS) is 1. The third-order valence-electron chi connectivity index (χ3n) is 2.57. The standard InChI is InChI=1S/C14H9BrClNO3/c15-11-6-5-8(7-10(11)14(19)20)17-13(18)9-3-1-2-4-12(9)16/h1-7H,(H,17,18)(H,19,20). The van der Waals surface area contributed by atoms with Gasteiger partial charge in [-0.15, -0.1) is 0 Å². The summed E-state index contributed by atoms with van der Waals surface area (Å²) in [5.41, 5.74) is 0.784. The molecule has 0 aliphatic carbocycles. The Balaban J connectivity index is 2.27. The highest BCUT2D eigenvalue weighted by Gasteiger charge is 2.13. The largest absolute Gasteiger partial charge is 0.478 e. The summed E-state index contributed by atoms with van der Waals surface area (Å²) in [7, 11) is 0. The van der Waals surface area contributed by atoms with Gasteiger partial charge in [0.2, 0.25) is 0 Å². The van der Waals surface area contributed by atoms with Crippen LogP contribution < -0.4 is 5.32 Å². The summed E-state index contributed by atoms with van der Waals surface area (Å²) < 4.78 is 0.445. The van der Waals surface area contributed by atoms with E-state index in [1.54, 1.807) is 36.4 Å². The number of halogens is 2. The summed E-state index contributed by atoms with van der Waals surface area (Å²) in [4.78, 5) is 23.1. The Labute approximate surface area is 128 Å². The van der Waals surface area contributed by atoms with E-state index in [-0.39, 0.29) is 5.56 Å². The molecule has 0 aliphatic heterocycles. The number of amides is 1. The van der Waals surface area contributed by atoms with Crippen LogP contribution in [0.5, 0.6) is 0 Å². The minimum absolute atomic E-state index is 0.0713. The van der Waals surface area contributed by atoms with E-state index in [0.717, 1.165) is 0 Å². The van der Waals surface area contributed by atoms with Crippen LogP contribution in [-0.4, -0.2) is 17.0 Å². The van der Waals surface area contributed by atoms with Crippen LogP contribution in [0.2, 0.25) is 5.02 Å². The van der Waals surface area contributed by atoms with E-state index in [0.29, 0.717) is 20.7 Å². The summed E-state index contributed by atoms with van der Waals surface area (Å²) in [5.74, 6) is -1.47. The van der Waals surface area contributed by atoms with Crippen molar-refractivity contribution >= 4 is 45.1 Å². The lowest BCUT2D eigenvalue weighted by molar-refractivity contribution is 0.0695. The van der Waals surface area contributed by atoms with E-state index >= 15 is 0 Å². The Bertz CT molecular complexity index is 688. The molecule has 0 spiro atoms. The number of benzene rings is 2. The molecule has 0 saturated heterocycles. The quantitative estimate of drug-likeness (QED) is 0.874. The fraction of sp³-hybridized carbons (Fsp3) is 0. The number of carbonyl (C=O) groups is 2. The predicted octanol–water partition coefficient (Wildman–Crippen LogP) is 4.05. The van der Waals surface area contributed by atoms with Gasteiger partial charge in [0, 0.05) is 10.2 Å². The first kappa shape index (κ1) is 14.6. The van der Waals surface area contributed by atoms with Gasteiger partial charge in [0.25, 0.3) is 5.91 Å². The topological polar surface area (TPSA) is 66.4 Å². The summed E-state index contributed by atoms with van der Waals surface area (Å²) in [6.07, 6.45) is 0. The van der Waals surface area contributed by atoms with Gasteiger partial charge in [-0.3, -0.25) is 4.79 Å². The second kappa shape index (κ2) is 6.07. The first-order chi connectivity index (χ1) is 9.49. The molecular weight excluding hydrogens is 346 g/mol. The zero-order valence-corrected chi connectivity index (χ0v) is 12.4. The molecule has 0 aromatic heterocycles. The van der Waals surface area contributed by atoms with Gasteiger partial charge in [0.1, 0.15) is 0 Å². The van der Waals surface area contributed by atoms with E-state index < -0.39 is 11.9 Å². The van der Waals surface area contributed by atoms with E-state index in [1.807, 2.05) is 0 Å². The van der Waals surface area contributed by atoms with Crippen LogP contribution in [0.1, 0.15) is 20.7 Å². The molecule has 0 atom stereocenters. The van der Waals surface area contributed by atoms with Crippen molar-refractivity contribution in [1.29, 1.82) is 0 Å². The Morgan fingerprint density at radius 1 is 1.10 bits per heavy atom. The van der Waals surface area contributed by atoms with Crippen molar-refractivity contribution in [2.45, 2.75) is 0 Å². The van der Waals surface area contributed by atoms with E-state index in [2.05, 4.69) is 21.2 Å². The van der Waals surface area contributed by atoms with Crippen molar-refractivity contribution in [2.75, 3.05) is 5.32 Å². The fourth-order valence-corrected chi connectivity index (χ4v) is 2.25. The van der Waals surface area contributed by atoms with Gasteiger partial charge in [-0.25, -0.2) is 4.79 Å². The zero-order chi connectivity index (χ0) is 14.7. The van der Waals surface area contributed by atoms with Crippen LogP contribution in [0.3, 0.4) is 0 Å². The number of nitrogens with one attached hydrogen (secondary N) is 1. The number of hydrogen-bond acceptors (Lipinski definition) is 2. The van der Waals surface area contributed by atoms with Crippen LogP contribution >= 0.6 is 27.5 Å².